The molecule has 0 saturated heterocycles. The minimum atomic E-state index is -0.807. The Bertz CT molecular complexity index is 854. The number of aromatic nitrogens is 4. The van der Waals surface area contributed by atoms with E-state index in [1.165, 1.54) is 10.7 Å². The number of amides is 2. The first-order valence-corrected chi connectivity index (χ1v) is 8.63. The highest BCUT2D eigenvalue weighted by Crippen LogP contribution is 2.14. The highest BCUT2D eigenvalue weighted by atomic mass is 16.2. The van der Waals surface area contributed by atoms with Gasteiger partial charge in [0.25, 0.3) is 5.56 Å². The fourth-order valence-electron chi connectivity index (χ4n) is 2.29. The summed E-state index contributed by atoms with van der Waals surface area (Å²) in [7, 11) is 0. The van der Waals surface area contributed by atoms with Gasteiger partial charge in [0.2, 0.25) is 5.95 Å². The van der Waals surface area contributed by atoms with Crippen LogP contribution < -0.4 is 16.2 Å². The molecule has 2 aromatic rings. The van der Waals surface area contributed by atoms with Gasteiger partial charge in [-0.3, -0.25) is 19.4 Å². The van der Waals surface area contributed by atoms with Gasteiger partial charge in [-0.25, -0.2) is 4.98 Å². The average molecular weight is 360 g/mol. The third-order valence-electron chi connectivity index (χ3n) is 3.76. The van der Waals surface area contributed by atoms with E-state index in [1.807, 2.05) is 20.8 Å². The predicted octanol–water partition coefficient (Wildman–Crippen LogP) is 1.07. The van der Waals surface area contributed by atoms with Crippen molar-refractivity contribution in [2.24, 2.45) is 0 Å². The standard InChI is InChI=1S/C17H24N6O3/c1-5-7-12-9-14(24)21-17(19-12)23-13(8-11(4)22-23)20-16(26)15(25)18-10(3)6-2/h8-10H,5-7H2,1-4H3,(H,18,25)(H,20,26)(H,19,21,24). The van der Waals surface area contributed by atoms with Gasteiger partial charge in [0.15, 0.2) is 0 Å². The largest absolute Gasteiger partial charge is 0.345 e. The number of aromatic amines is 1. The Morgan fingerprint density at radius 3 is 2.65 bits per heavy atom. The van der Waals surface area contributed by atoms with Gasteiger partial charge in [-0.15, -0.1) is 0 Å². The summed E-state index contributed by atoms with van der Waals surface area (Å²) in [6.07, 6.45) is 2.20. The van der Waals surface area contributed by atoms with Crippen molar-refractivity contribution in [3.63, 3.8) is 0 Å². The number of hydrogen-bond acceptors (Lipinski definition) is 5. The van der Waals surface area contributed by atoms with Crippen LogP contribution in [0, 0.1) is 6.92 Å². The number of carbonyl (C=O) groups excluding carboxylic acids is 2. The van der Waals surface area contributed by atoms with E-state index in [1.54, 1.807) is 13.0 Å². The zero-order valence-electron chi connectivity index (χ0n) is 15.4. The van der Waals surface area contributed by atoms with Gasteiger partial charge >= 0.3 is 11.8 Å². The molecule has 2 aromatic heterocycles. The molecule has 0 fully saturated rings. The molecule has 3 N–H and O–H groups in total. The Labute approximate surface area is 151 Å². The molecule has 0 aliphatic rings. The summed E-state index contributed by atoms with van der Waals surface area (Å²) in [5.74, 6) is -1.10. The van der Waals surface area contributed by atoms with Crippen LogP contribution in [0.15, 0.2) is 16.9 Å². The zero-order chi connectivity index (χ0) is 19.3. The molecule has 0 aliphatic heterocycles. The van der Waals surface area contributed by atoms with Gasteiger partial charge in [0.05, 0.1) is 5.69 Å². The number of anilines is 1. The third kappa shape index (κ3) is 4.78. The maximum absolute atomic E-state index is 12.1. The number of nitrogens with zero attached hydrogens (tertiary/aromatic N) is 3. The summed E-state index contributed by atoms with van der Waals surface area (Å²) in [6.45, 7) is 7.45. The summed E-state index contributed by atoms with van der Waals surface area (Å²) in [4.78, 5) is 42.9. The molecule has 0 saturated carbocycles. The van der Waals surface area contributed by atoms with Crippen molar-refractivity contribution in [3.05, 3.63) is 33.9 Å². The summed E-state index contributed by atoms with van der Waals surface area (Å²) in [6, 6.07) is 2.92. The number of rotatable bonds is 6. The van der Waals surface area contributed by atoms with E-state index in [4.69, 9.17) is 0 Å². The van der Waals surface area contributed by atoms with Crippen LogP contribution in [0.25, 0.3) is 5.95 Å². The molecule has 2 amide bonds. The lowest BCUT2D eigenvalue weighted by Gasteiger charge is -2.12. The van der Waals surface area contributed by atoms with Gasteiger partial charge in [0, 0.05) is 23.9 Å². The monoisotopic (exact) mass is 360 g/mol. The first kappa shape index (κ1) is 19.4. The second-order valence-corrected chi connectivity index (χ2v) is 6.13. The van der Waals surface area contributed by atoms with Crippen LogP contribution in [0.1, 0.15) is 45.0 Å². The molecule has 0 aromatic carbocycles. The maximum Gasteiger partial charge on any atom is 0.314 e. The Morgan fingerprint density at radius 1 is 1.27 bits per heavy atom. The SMILES string of the molecule is CCCc1cc(=O)[nH]c(-n2nc(C)cc2NC(=O)C(=O)NC(C)CC)n1. The summed E-state index contributed by atoms with van der Waals surface area (Å²) in [5.41, 5.74) is 0.927. The lowest BCUT2D eigenvalue weighted by Crippen LogP contribution is -2.40. The molecule has 0 radical (unpaired) electrons. The van der Waals surface area contributed by atoms with Crippen molar-refractivity contribution in [1.29, 1.82) is 0 Å². The fraction of sp³-hybridized carbons (Fsp3) is 0.471. The van der Waals surface area contributed by atoms with E-state index in [0.717, 1.165) is 6.42 Å². The van der Waals surface area contributed by atoms with Crippen LogP contribution in [-0.2, 0) is 16.0 Å². The van der Waals surface area contributed by atoms with Crippen LogP contribution in [0.4, 0.5) is 5.82 Å². The highest BCUT2D eigenvalue weighted by molar-refractivity contribution is 6.39. The Morgan fingerprint density at radius 2 is 2.00 bits per heavy atom. The smallest absolute Gasteiger partial charge is 0.314 e. The van der Waals surface area contributed by atoms with E-state index >= 15 is 0 Å². The molecule has 0 aliphatic carbocycles. The molecule has 2 rings (SSSR count). The molecule has 9 nitrogen and oxygen atoms in total. The molecular formula is C17H24N6O3. The summed E-state index contributed by atoms with van der Waals surface area (Å²) < 4.78 is 1.31. The zero-order valence-corrected chi connectivity index (χ0v) is 15.4. The summed E-state index contributed by atoms with van der Waals surface area (Å²) >= 11 is 0. The number of nitrogens with one attached hydrogen (secondary N) is 3. The van der Waals surface area contributed by atoms with Gasteiger partial charge in [0.1, 0.15) is 5.82 Å². The van der Waals surface area contributed by atoms with Gasteiger partial charge in [-0.05, 0) is 26.7 Å². The van der Waals surface area contributed by atoms with Crippen molar-refractivity contribution in [3.8, 4) is 5.95 Å². The molecule has 26 heavy (non-hydrogen) atoms. The van der Waals surface area contributed by atoms with Crippen LogP contribution in [0.3, 0.4) is 0 Å². The van der Waals surface area contributed by atoms with Crippen LogP contribution in [0.5, 0.6) is 0 Å². The molecule has 1 unspecified atom stereocenters. The molecule has 1 atom stereocenters. The number of hydrogen-bond donors (Lipinski definition) is 3. The van der Waals surface area contributed by atoms with Crippen molar-refractivity contribution in [1.82, 2.24) is 25.1 Å². The summed E-state index contributed by atoms with van der Waals surface area (Å²) in [5, 5.41) is 9.36. The highest BCUT2D eigenvalue weighted by Gasteiger charge is 2.19. The predicted molar refractivity (Wildman–Crippen MR) is 97.2 cm³/mol. The third-order valence-corrected chi connectivity index (χ3v) is 3.76. The number of aryl methyl sites for hydroxylation is 2. The van der Waals surface area contributed by atoms with Crippen molar-refractivity contribution in [2.75, 3.05) is 5.32 Å². The number of H-pyrrole nitrogens is 1. The average Bonchev–Trinajstić information content (AvgIpc) is 2.94. The minimum Gasteiger partial charge on any atom is -0.345 e. The van der Waals surface area contributed by atoms with E-state index in [-0.39, 0.29) is 23.4 Å². The Kier molecular flexibility index (Phi) is 6.26. The first-order valence-electron chi connectivity index (χ1n) is 8.63. The van der Waals surface area contributed by atoms with Crippen molar-refractivity contribution < 1.29 is 9.59 Å². The molecule has 0 bridgehead atoms. The van der Waals surface area contributed by atoms with Crippen LogP contribution in [0.2, 0.25) is 0 Å². The molecule has 2 heterocycles. The first-order chi connectivity index (χ1) is 12.3. The van der Waals surface area contributed by atoms with Gasteiger partial charge in [-0.1, -0.05) is 20.3 Å². The van der Waals surface area contributed by atoms with Gasteiger partial charge < -0.3 is 10.6 Å². The van der Waals surface area contributed by atoms with E-state index < -0.39 is 11.8 Å². The fourth-order valence-corrected chi connectivity index (χ4v) is 2.29. The number of carbonyl (C=O) groups is 2. The second-order valence-electron chi connectivity index (χ2n) is 6.13. The maximum atomic E-state index is 12.1. The van der Waals surface area contributed by atoms with Crippen LogP contribution in [-0.4, -0.2) is 37.6 Å². The molecule has 0 spiro atoms. The van der Waals surface area contributed by atoms with E-state index in [9.17, 15) is 14.4 Å². The normalized spacial score (nSPS) is 11.8. The lowest BCUT2D eigenvalue weighted by molar-refractivity contribution is -0.136. The lowest BCUT2D eigenvalue weighted by atomic mass is 10.2. The Hall–Kier alpha value is -2.97. The Balaban J connectivity index is 2.29. The quantitative estimate of drug-likeness (QED) is 0.665. The van der Waals surface area contributed by atoms with Crippen LogP contribution >= 0.6 is 0 Å². The van der Waals surface area contributed by atoms with E-state index in [0.29, 0.717) is 24.2 Å². The molecule has 140 valence electrons. The topological polar surface area (TPSA) is 122 Å². The minimum absolute atomic E-state index is 0.108. The molecule has 9 heteroatoms. The molecular weight excluding hydrogens is 336 g/mol. The van der Waals surface area contributed by atoms with E-state index in [2.05, 4.69) is 25.7 Å². The second kappa shape index (κ2) is 8.41. The van der Waals surface area contributed by atoms with Crippen molar-refractivity contribution >= 4 is 17.6 Å². The van der Waals surface area contributed by atoms with Crippen molar-refractivity contribution in [2.45, 2.75) is 53.0 Å². The van der Waals surface area contributed by atoms with Gasteiger partial charge in [-0.2, -0.15) is 9.78 Å².